The number of aliphatic hydroxyl groups excluding tert-OH is 1. The molecule has 0 fully saturated rings. The van der Waals surface area contributed by atoms with Gasteiger partial charge in [-0.25, -0.2) is 4.79 Å². The summed E-state index contributed by atoms with van der Waals surface area (Å²) in [5, 5.41) is 19.6. The summed E-state index contributed by atoms with van der Waals surface area (Å²) in [6.07, 6.45) is -2.62. The lowest BCUT2D eigenvalue weighted by Gasteiger charge is -2.14. The Balaban J connectivity index is 0.000000640. The number of alkyl halides is 3. The molecule has 1 rings (SSSR count). The fourth-order valence-corrected chi connectivity index (χ4v) is 1.86. The molecule has 1 aromatic carbocycles. The molecule has 7 heteroatoms. The maximum absolute atomic E-state index is 12.5. The van der Waals surface area contributed by atoms with Crippen LogP contribution in [0.5, 0.6) is 0 Å². The van der Waals surface area contributed by atoms with Crippen molar-refractivity contribution in [2.45, 2.75) is 39.4 Å². The SMILES string of the molecule is CC(C)=CC(=O)O.CC(Cc1cccc(C(F)(F)F)c1)NCCO. The van der Waals surface area contributed by atoms with Crippen molar-refractivity contribution < 1.29 is 28.2 Å². The molecule has 0 bridgehead atoms. The molecular formula is C17H24F3NO3. The van der Waals surface area contributed by atoms with Gasteiger partial charge >= 0.3 is 12.1 Å². The Morgan fingerprint density at radius 1 is 1.33 bits per heavy atom. The lowest BCUT2D eigenvalue weighted by Crippen LogP contribution is -2.30. The maximum atomic E-state index is 12.5. The largest absolute Gasteiger partial charge is 0.478 e. The summed E-state index contributed by atoms with van der Waals surface area (Å²) < 4.78 is 37.4. The highest BCUT2D eigenvalue weighted by Crippen LogP contribution is 2.29. The minimum absolute atomic E-state index is 0.0208. The summed E-state index contributed by atoms with van der Waals surface area (Å²) in [5.41, 5.74) is 0.828. The van der Waals surface area contributed by atoms with E-state index in [2.05, 4.69) is 5.32 Å². The van der Waals surface area contributed by atoms with E-state index in [9.17, 15) is 18.0 Å². The topological polar surface area (TPSA) is 69.6 Å². The molecule has 0 aliphatic heterocycles. The van der Waals surface area contributed by atoms with Crippen molar-refractivity contribution in [1.29, 1.82) is 0 Å². The zero-order chi connectivity index (χ0) is 18.8. The van der Waals surface area contributed by atoms with Crippen LogP contribution in [0, 0.1) is 0 Å². The highest BCUT2D eigenvalue weighted by atomic mass is 19.4. The van der Waals surface area contributed by atoms with E-state index in [1.165, 1.54) is 12.1 Å². The minimum Gasteiger partial charge on any atom is -0.478 e. The average molecular weight is 347 g/mol. The van der Waals surface area contributed by atoms with Crippen LogP contribution in [-0.2, 0) is 17.4 Å². The van der Waals surface area contributed by atoms with Crippen molar-refractivity contribution >= 4 is 5.97 Å². The van der Waals surface area contributed by atoms with Gasteiger partial charge in [-0.05, 0) is 38.8 Å². The van der Waals surface area contributed by atoms with E-state index in [4.69, 9.17) is 10.2 Å². The second-order valence-corrected chi connectivity index (χ2v) is 5.54. The van der Waals surface area contributed by atoms with E-state index in [-0.39, 0.29) is 12.6 Å². The molecule has 0 amide bonds. The van der Waals surface area contributed by atoms with Gasteiger partial charge in [-0.3, -0.25) is 0 Å². The standard InChI is InChI=1S/C12H16F3NO.C5H8O2/c1-9(16-5-6-17)7-10-3-2-4-11(8-10)12(13,14)15;1-4(2)3-5(6)7/h2-4,8-9,16-17H,5-7H2,1H3;3H,1-2H3,(H,6,7). The first-order valence-corrected chi connectivity index (χ1v) is 7.44. The predicted molar refractivity (Wildman–Crippen MR) is 86.8 cm³/mol. The zero-order valence-corrected chi connectivity index (χ0v) is 14.0. The Kier molecular flexibility index (Phi) is 9.99. The number of nitrogens with one attached hydrogen (secondary N) is 1. The lowest BCUT2D eigenvalue weighted by atomic mass is 10.0. The van der Waals surface area contributed by atoms with Gasteiger partial charge in [0.05, 0.1) is 12.2 Å². The van der Waals surface area contributed by atoms with Gasteiger partial charge in [0.1, 0.15) is 0 Å². The Morgan fingerprint density at radius 2 is 1.96 bits per heavy atom. The number of aliphatic carboxylic acids is 1. The summed E-state index contributed by atoms with van der Waals surface area (Å²) in [4.78, 5) is 9.73. The molecule has 1 aromatic rings. The van der Waals surface area contributed by atoms with Crippen molar-refractivity contribution in [3.8, 4) is 0 Å². The first-order valence-electron chi connectivity index (χ1n) is 7.44. The summed E-state index contributed by atoms with van der Waals surface area (Å²) in [5.74, 6) is -0.875. The Morgan fingerprint density at radius 3 is 2.38 bits per heavy atom. The number of carbonyl (C=O) groups is 1. The third-order valence-corrected chi connectivity index (χ3v) is 2.81. The van der Waals surface area contributed by atoms with Gasteiger partial charge in [-0.15, -0.1) is 0 Å². The predicted octanol–water partition coefficient (Wildman–Crippen LogP) is 3.26. The van der Waals surface area contributed by atoms with Gasteiger partial charge in [0, 0.05) is 18.7 Å². The van der Waals surface area contributed by atoms with Crippen LogP contribution in [0.15, 0.2) is 35.9 Å². The number of allylic oxidation sites excluding steroid dienone is 1. The number of carboxylic acids is 1. The van der Waals surface area contributed by atoms with Crippen LogP contribution < -0.4 is 5.32 Å². The van der Waals surface area contributed by atoms with Crippen LogP contribution in [0.4, 0.5) is 13.2 Å². The Hall–Kier alpha value is -1.86. The molecule has 3 N–H and O–H groups in total. The van der Waals surface area contributed by atoms with Crippen LogP contribution >= 0.6 is 0 Å². The van der Waals surface area contributed by atoms with Crippen LogP contribution in [0.25, 0.3) is 0 Å². The molecule has 24 heavy (non-hydrogen) atoms. The number of halogens is 3. The lowest BCUT2D eigenvalue weighted by molar-refractivity contribution is -0.137. The first-order chi connectivity index (χ1) is 11.1. The monoisotopic (exact) mass is 347 g/mol. The Labute approximate surface area is 140 Å². The fraction of sp³-hybridized carbons (Fsp3) is 0.471. The van der Waals surface area contributed by atoms with E-state index >= 15 is 0 Å². The zero-order valence-electron chi connectivity index (χ0n) is 14.0. The van der Waals surface area contributed by atoms with E-state index in [0.717, 1.165) is 17.7 Å². The molecule has 0 heterocycles. The highest BCUT2D eigenvalue weighted by molar-refractivity contribution is 5.80. The number of hydrogen-bond acceptors (Lipinski definition) is 3. The molecule has 0 spiro atoms. The van der Waals surface area contributed by atoms with E-state index in [0.29, 0.717) is 18.5 Å². The normalized spacial score (nSPS) is 12.0. The number of aliphatic hydroxyl groups is 1. The first kappa shape index (κ1) is 22.1. The molecule has 0 saturated carbocycles. The van der Waals surface area contributed by atoms with E-state index in [1.807, 2.05) is 6.92 Å². The molecule has 0 radical (unpaired) electrons. The highest BCUT2D eigenvalue weighted by Gasteiger charge is 2.30. The third-order valence-electron chi connectivity index (χ3n) is 2.81. The van der Waals surface area contributed by atoms with Crippen molar-refractivity contribution in [3.63, 3.8) is 0 Å². The Bertz CT molecular complexity index is 538. The van der Waals surface area contributed by atoms with Crippen LogP contribution in [-0.4, -0.2) is 35.4 Å². The van der Waals surface area contributed by atoms with Crippen LogP contribution in [0.3, 0.4) is 0 Å². The second-order valence-electron chi connectivity index (χ2n) is 5.54. The molecule has 0 aromatic heterocycles. The fourth-order valence-electron chi connectivity index (χ4n) is 1.86. The van der Waals surface area contributed by atoms with Crippen molar-refractivity contribution in [3.05, 3.63) is 47.0 Å². The van der Waals surface area contributed by atoms with Gasteiger partial charge in [0.15, 0.2) is 0 Å². The van der Waals surface area contributed by atoms with Gasteiger partial charge in [0.25, 0.3) is 0 Å². The molecule has 4 nitrogen and oxygen atoms in total. The smallest absolute Gasteiger partial charge is 0.416 e. The number of hydrogen-bond donors (Lipinski definition) is 3. The van der Waals surface area contributed by atoms with Crippen molar-refractivity contribution in [1.82, 2.24) is 5.32 Å². The number of benzene rings is 1. The summed E-state index contributed by atoms with van der Waals surface area (Å²) in [6.45, 7) is 5.82. The second kappa shape index (κ2) is 10.8. The molecule has 0 saturated heterocycles. The van der Waals surface area contributed by atoms with Crippen LogP contribution in [0.2, 0.25) is 0 Å². The number of carboxylic acid groups (broad SMARTS) is 1. The summed E-state index contributed by atoms with van der Waals surface area (Å²) in [6, 6.07) is 5.35. The minimum atomic E-state index is -4.29. The van der Waals surface area contributed by atoms with Gasteiger partial charge in [0.2, 0.25) is 0 Å². The van der Waals surface area contributed by atoms with Crippen molar-refractivity contribution in [2.75, 3.05) is 13.2 Å². The molecule has 136 valence electrons. The average Bonchev–Trinajstić information content (AvgIpc) is 2.43. The third kappa shape index (κ3) is 10.8. The molecule has 1 unspecified atom stereocenters. The van der Waals surface area contributed by atoms with Crippen LogP contribution in [0.1, 0.15) is 31.9 Å². The maximum Gasteiger partial charge on any atom is 0.416 e. The van der Waals surface area contributed by atoms with Gasteiger partial charge < -0.3 is 15.5 Å². The summed E-state index contributed by atoms with van der Waals surface area (Å²) >= 11 is 0. The molecule has 1 atom stereocenters. The van der Waals surface area contributed by atoms with E-state index in [1.54, 1.807) is 19.9 Å². The molecule has 0 aliphatic rings. The molecular weight excluding hydrogens is 323 g/mol. The van der Waals surface area contributed by atoms with Crippen molar-refractivity contribution in [2.24, 2.45) is 0 Å². The van der Waals surface area contributed by atoms with Gasteiger partial charge in [-0.2, -0.15) is 13.2 Å². The summed E-state index contributed by atoms with van der Waals surface area (Å²) in [7, 11) is 0. The van der Waals surface area contributed by atoms with E-state index < -0.39 is 17.7 Å². The van der Waals surface area contributed by atoms with Gasteiger partial charge in [-0.1, -0.05) is 23.8 Å². The quantitative estimate of drug-likeness (QED) is 0.691. The molecule has 0 aliphatic carbocycles. The number of rotatable bonds is 6.